The van der Waals surface area contributed by atoms with Crippen molar-refractivity contribution in [1.82, 2.24) is 10.3 Å². The maximum Gasteiger partial charge on any atom is 0.330 e. The fourth-order valence-corrected chi connectivity index (χ4v) is 2.94. The molecule has 6 heteroatoms. The van der Waals surface area contributed by atoms with E-state index in [-0.39, 0.29) is 12.3 Å². The van der Waals surface area contributed by atoms with E-state index in [4.69, 9.17) is 4.42 Å². The summed E-state index contributed by atoms with van der Waals surface area (Å²) in [5, 5.41) is 12.1. The molecule has 0 aliphatic heterocycles. The lowest BCUT2D eigenvalue weighted by molar-refractivity contribution is -0.142. The molecule has 1 amide bonds. The van der Waals surface area contributed by atoms with Crippen LogP contribution in [0.2, 0.25) is 0 Å². The van der Waals surface area contributed by atoms with Gasteiger partial charge in [-0.2, -0.15) is 0 Å². The van der Waals surface area contributed by atoms with E-state index in [1.165, 1.54) is 0 Å². The Kier molecular flexibility index (Phi) is 5.02. The van der Waals surface area contributed by atoms with Crippen LogP contribution in [-0.2, 0) is 16.0 Å². The molecule has 0 bridgehead atoms. The lowest BCUT2D eigenvalue weighted by Gasteiger charge is -2.16. The largest absolute Gasteiger partial charge is 0.479 e. The van der Waals surface area contributed by atoms with Gasteiger partial charge in [0.2, 0.25) is 5.91 Å². The Morgan fingerprint density at radius 2 is 1.85 bits per heavy atom. The number of aryl methyl sites for hydroxylation is 3. The van der Waals surface area contributed by atoms with Crippen LogP contribution in [-0.4, -0.2) is 22.0 Å². The third-order valence-electron chi connectivity index (χ3n) is 4.03. The molecule has 1 aromatic heterocycles. The molecule has 0 saturated heterocycles. The molecule has 0 fully saturated rings. The summed E-state index contributed by atoms with van der Waals surface area (Å²) >= 11 is 0. The number of aliphatic carboxylic acids is 1. The predicted octanol–water partition coefficient (Wildman–Crippen LogP) is 3.32. The molecule has 1 atom stereocenters. The minimum Gasteiger partial charge on any atom is -0.479 e. The Hall–Kier alpha value is -3.15. The van der Waals surface area contributed by atoms with Gasteiger partial charge in [0.25, 0.3) is 0 Å². The molecule has 3 rings (SSSR count). The fraction of sp³-hybridized carbons (Fsp3) is 0.250. The summed E-state index contributed by atoms with van der Waals surface area (Å²) in [6, 6.07) is 11.8. The zero-order valence-electron chi connectivity index (χ0n) is 14.7. The quantitative estimate of drug-likeness (QED) is 0.710. The highest BCUT2D eigenvalue weighted by Gasteiger charge is 2.22. The second kappa shape index (κ2) is 7.39. The number of carboxylic acids is 1. The van der Waals surface area contributed by atoms with E-state index >= 15 is 0 Å². The molecule has 2 N–H and O–H groups in total. The molecule has 3 aromatic rings. The number of benzene rings is 2. The topological polar surface area (TPSA) is 92.4 Å². The van der Waals surface area contributed by atoms with Crippen molar-refractivity contribution in [2.45, 2.75) is 32.7 Å². The second-order valence-corrected chi connectivity index (χ2v) is 6.34. The zero-order chi connectivity index (χ0) is 18.7. The van der Waals surface area contributed by atoms with Crippen LogP contribution in [0.1, 0.15) is 35.0 Å². The molecule has 0 spiro atoms. The Morgan fingerprint density at radius 1 is 1.15 bits per heavy atom. The van der Waals surface area contributed by atoms with Crippen LogP contribution in [0.15, 0.2) is 46.9 Å². The second-order valence-electron chi connectivity index (χ2n) is 6.34. The number of aromatic nitrogens is 1. The number of oxazole rings is 1. The van der Waals surface area contributed by atoms with E-state index in [2.05, 4.69) is 10.3 Å². The first kappa shape index (κ1) is 17.7. The molecule has 0 aliphatic rings. The van der Waals surface area contributed by atoms with E-state index in [1.54, 1.807) is 12.1 Å². The summed E-state index contributed by atoms with van der Waals surface area (Å²) in [5.41, 5.74) is 3.87. The molecule has 0 radical (unpaired) electrons. The zero-order valence-corrected chi connectivity index (χ0v) is 14.7. The van der Waals surface area contributed by atoms with Crippen LogP contribution in [0.5, 0.6) is 0 Å². The molecule has 0 aliphatic carbocycles. The average Bonchev–Trinajstić information content (AvgIpc) is 2.99. The van der Waals surface area contributed by atoms with Gasteiger partial charge in [0.05, 0.1) is 0 Å². The fourth-order valence-electron chi connectivity index (χ4n) is 2.94. The van der Waals surface area contributed by atoms with Gasteiger partial charge in [0, 0.05) is 12.8 Å². The summed E-state index contributed by atoms with van der Waals surface area (Å²) in [5.74, 6) is -0.997. The standard InChI is InChI=1S/C20H20N2O4/c1-12-9-13(2)11-14(10-12)19(20(24)25)22-17(23)7-8-18-21-15-5-3-4-6-16(15)26-18/h3-6,9-11,19H,7-8H2,1-2H3,(H,22,23)(H,24,25). The first-order valence-electron chi connectivity index (χ1n) is 8.37. The maximum atomic E-state index is 12.2. The lowest BCUT2D eigenvalue weighted by Crippen LogP contribution is -2.34. The maximum absolute atomic E-state index is 12.2. The minimum absolute atomic E-state index is 0.0986. The Bertz CT molecular complexity index is 908. The molecular weight excluding hydrogens is 332 g/mol. The first-order valence-corrected chi connectivity index (χ1v) is 8.37. The van der Waals surface area contributed by atoms with Gasteiger partial charge in [-0.3, -0.25) is 4.79 Å². The van der Waals surface area contributed by atoms with E-state index in [0.717, 1.165) is 16.6 Å². The molecule has 6 nitrogen and oxygen atoms in total. The summed E-state index contributed by atoms with van der Waals surface area (Å²) in [4.78, 5) is 28.2. The highest BCUT2D eigenvalue weighted by Crippen LogP contribution is 2.19. The van der Waals surface area contributed by atoms with Gasteiger partial charge in [0.15, 0.2) is 17.5 Å². The lowest BCUT2D eigenvalue weighted by atomic mass is 10.0. The van der Waals surface area contributed by atoms with Crippen LogP contribution in [0, 0.1) is 13.8 Å². The van der Waals surface area contributed by atoms with Crippen molar-refractivity contribution in [2.75, 3.05) is 0 Å². The number of carbonyl (C=O) groups is 2. The highest BCUT2D eigenvalue weighted by atomic mass is 16.4. The van der Waals surface area contributed by atoms with Crippen LogP contribution in [0.3, 0.4) is 0 Å². The average molecular weight is 352 g/mol. The number of hydrogen-bond donors (Lipinski definition) is 2. The molecular formula is C20H20N2O4. The summed E-state index contributed by atoms with van der Waals surface area (Å²) < 4.78 is 5.58. The Morgan fingerprint density at radius 3 is 2.50 bits per heavy atom. The number of fused-ring (bicyclic) bond motifs is 1. The highest BCUT2D eigenvalue weighted by molar-refractivity contribution is 5.84. The van der Waals surface area contributed by atoms with Crippen molar-refractivity contribution in [3.05, 3.63) is 65.0 Å². The van der Waals surface area contributed by atoms with Crippen molar-refractivity contribution in [2.24, 2.45) is 0 Å². The van der Waals surface area contributed by atoms with Crippen LogP contribution in [0.25, 0.3) is 11.1 Å². The van der Waals surface area contributed by atoms with Gasteiger partial charge < -0.3 is 14.8 Å². The third-order valence-corrected chi connectivity index (χ3v) is 4.03. The van der Waals surface area contributed by atoms with Crippen molar-refractivity contribution in [1.29, 1.82) is 0 Å². The monoisotopic (exact) mass is 352 g/mol. The SMILES string of the molecule is Cc1cc(C)cc(C(NC(=O)CCc2nc3ccccc3o2)C(=O)O)c1. The molecule has 1 unspecified atom stereocenters. The smallest absolute Gasteiger partial charge is 0.330 e. The van der Waals surface area contributed by atoms with Crippen LogP contribution >= 0.6 is 0 Å². The summed E-state index contributed by atoms with van der Waals surface area (Å²) in [6.45, 7) is 3.79. The van der Waals surface area contributed by atoms with E-state index in [0.29, 0.717) is 23.5 Å². The normalized spacial score (nSPS) is 12.1. The van der Waals surface area contributed by atoms with Crippen molar-refractivity contribution >= 4 is 23.0 Å². The van der Waals surface area contributed by atoms with Gasteiger partial charge >= 0.3 is 5.97 Å². The molecule has 1 heterocycles. The number of carbonyl (C=O) groups excluding carboxylic acids is 1. The van der Waals surface area contributed by atoms with Gasteiger partial charge in [-0.05, 0) is 31.5 Å². The number of rotatable bonds is 6. The number of para-hydroxylation sites is 2. The number of nitrogens with one attached hydrogen (secondary N) is 1. The van der Waals surface area contributed by atoms with E-state index in [9.17, 15) is 14.7 Å². The molecule has 0 saturated carbocycles. The molecule has 134 valence electrons. The number of hydrogen-bond acceptors (Lipinski definition) is 4. The van der Waals surface area contributed by atoms with E-state index in [1.807, 2.05) is 44.2 Å². The Labute approximate surface area is 150 Å². The number of amides is 1. The molecule has 2 aromatic carbocycles. The number of carboxylic acid groups (broad SMARTS) is 1. The van der Waals surface area contributed by atoms with Gasteiger partial charge in [0.1, 0.15) is 5.52 Å². The number of nitrogens with zero attached hydrogens (tertiary/aromatic N) is 1. The van der Waals surface area contributed by atoms with Crippen molar-refractivity contribution in [3.8, 4) is 0 Å². The summed E-state index contributed by atoms with van der Waals surface area (Å²) in [7, 11) is 0. The third kappa shape index (κ3) is 4.08. The first-order chi connectivity index (χ1) is 12.4. The Balaban J connectivity index is 1.67. The van der Waals surface area contributed by atoms with Crippen molar-refractivity contribution in [3.63, 3.8) is 0 Å². The van der Waals surface area contributed by atoms with E-state index < -0.39 is 12.0 Å². The predicted molar refractivity (Wildman–Crippen MR) is 96.8 cm³/mol. The van der Waals surface area contributed by atoms with Crippen LogP contribution in [0.4, 0.5) is 0 Å². The van der Waals surface area contributed by atoms with Gasteiger partial charge in [-0.1, -0.05) is 41.5 Å². The van der Waals surface area contributed by atoms with Crippen LogP contribution < -0.4 is 5.32 Å². The van der Waals surface area contributed by atoms with Gasteiger partial charge in [-0.15, -0.1) is 0 Å². The van der Waals surface area contributed by atoms with Crippen molar-refractivity contribution < 1.29 is 19.1 Å². The van der Waals surface area contributed by atoms with Gasteiger partial charge in [-0.25, -0.2) is 9.78 Å². The summed E-state index contributed by atoms with van der Waals surface area (Å²) in [6.07, 6.45) is 0.404. The minimum atomic E-state index is -1.09. The molecule has 26 heavy (non-hydrogen) atoms.